The second kappa shape index (κ2) is 7.77. The standard InChI is InChI=1S/C14H23ClN4O2/c1-11-2-5-18(6-3-11)7-4-16-12-10-17-19(8-9-20)14(21)13(12)15/h10-11,16,20H,2-9H2,1H3. The Morgan fingerprint density at radius 1 is 1.43 bits per heavy atom. The van der Waals surface area contributed by atoms with Crippen LogP contribution >= 0.6 is 11.6 Å². The molecule has 1 aromatic heterocycles. The Bertz CT molecular complexity index is 512. The number of halogens is 1. The average molecular weight is 315 g/mol. The van der Waals surface area contributed by atoms with Crippen LogP contribution in [0.1, 0.15) is 19.8 Å². The molecule has 1 saturated heterocycles. The number of aromatic nitrogens is 2. The minimum Gasteiger partial charge on any atom is -0.394 e. The van der Waals surface area contributed by atoms with Crippen LogP contribution in [-0.4, -0.2) is 52.6 Å². The second-order valence-corrected chi connectivity index (χ2v) is 5.95. The van der Waals surface area contributed by atoms with Gasteiger partial charge in [0.25, 0.3) is 5.56 Å². The normalized spacial score (nSPS) is 17.1. The predicted molar refractivity (Wildman–Crippen MR) is 83.9 cm³/mol. The molecule has 0 aromatic carbocycles. The quantitative estimate of drug-likeness (QED) is 0.821. The average Bonchev–Trinajstić information content (AvgIpc) is 2.48. The molecule has 1 aliphatic heterocycles. The molecule has 21 heavy (non-hydrogen) atoms. The summed E-state index contributed by atoms with van der Waals surface area (Å²) in [5, 5.41) is 16.1. The van der Waals surface area contributed by atoms with Gasteiger partial charge < -0.3 is 15.3 Å². The van der Waals surface area contributed by atoms with E-state index >= 15 is 0 Å². The van der Waals surface area contributed by atoms with E-state index in [-0.39, 0.29) is 23.7 Å². The summed E-state index contributed by atoms with van der Waals surface area (Å²) in [7, 11) is 0. The first-order valence-corrected chi connectivity index (χ1v) is 7.82. The fourth-order valence-corrected chi connectivity index (χ4v) is 2.69. The van der Waals surface area contributed by atoms with E-state index in [1.165, 1.54) is 23.7 Å². The first-order chi connectivity index (χ1) is 10.1. The molecule has 118 valence electrons. The fourth-order valence-electron chi connectivity index (χ4n) is 2.48. The first-order valence-electron chi connectivity index (χ1n) is 7.44. The minimum atomic E-state index is -0.373. The third kappa shape index (κ3) is 4.43. The van der Waals surface area contributed by atoms with Gasteiger partial charge in [-0.3, -0.25) is 4.79 Å². The van der Waals surface area contributed by atoms with Gasteiger partial charge in [0, 0.05) is 13.1 Å². The Balaban J connectivity index is 1.86. The number of piperidine rings is 1. The highest BCUT2D eigenvalue weighted by Gasteiger charge is 2.15. The number of nitrogens with one attached hydrogen (secondary N) is 1. The number of hydrogen-bond acceptors (Lipinski definition) is 5. The SMILES string of the molecule is CC1CCN(CCNc2cnn(CCO)c(=O)c2Cl)CC1. The maximum atomic E-state index is 11.9. The number of hydrogen-bond donors (Lipinski definition) is 2. The van der Waals surface area contributed by atoms with Crippen LogP contribution in [0.4, 0.5) is 5.69 Å². The van der Waals surface area contributed by atoms with E-state index in [0.29, 0.717) is 5.69 Å². The van der Waals surface area contributed by atoms with Crippen molar-refractivity contribution < 1.29 is 5.11 Å². The van der Waals surface area contributed by atoms with Gasteiger partial charge in [0.1, 0.15) is 5.02 Å². The van der Waals surface area contributed by atoms with Gasteiger partial charge in [-0.1, -0.05) is 18.5 Å². The van der Waals surface area contributed by atoms with Crippen molar-refractivity contribution >= 4 is 17.3 Å². The molecular formula is C14H23ClN4O2. The van der Waals surface area contributed by atoms with Gasteiger partial charge >= 0.3 is 0 Å². The molecule has 0 amide bonds. The summed E-state index contributed by atoms with van der Waals surface area (Å²) in [6.45, 7) is 6.25. The maximum Gasteiger partial charge on any atom is 0.287 e. The van der Waals surface area contributed by atoms with Crippen LogP contribution in [-0.2, 0) is 6.54 Å². The third-order valence-corrected chi connectivity index (χ3v) is 4.28. The summed E-state index contributed by atoms with van der Waals surface area (Å²) in [5.74, 6) is 0.826. The predicted octanol–water partition coefficient (Wildman–Crippen LogP) is 1.03. The van der Waals surface area contributed by atoms with E-state index in [0.717, 1.165) is 32.1 Å². The zero-order valence-corrected chi connectivity index (χ0v) is 13.1. The Morgan fingerprint density at radius 2 is 2.14 bits per heavy atom. The molecule has 1 fully saturated rings. The van der Waals surface area contributed by atoms with Crippen LogP contribution in [0.25, 0.3) is 0 Å². The van der Waals surface area contributed by atoms with Crippen molar-refractivity contribution in [3.05, 3.63) is 21.6 Å². The summed E-state index contributed by atoms with van der Waals surface area (Å²) >= 11 is 6.04. The molecule has 2 rings (SSSR count). The molecule has 0 atom stereocenters. The Morgan fingerprint density at radius 3 is 2.81 bits per heavy atom. The van der Waals surface area contributed by atoms with Crippen molar-refractivity contribution in [2.75, 3.05) is 38.1 Å². The van der Waals surface area contributed by atoms with Crippen LogP contribution < -0.4 is 10.9 Å². The van der Waals surface area contributed by atoms with E-state index in [2.05, 4.69) is 22.2 Å². The Kier molecular flexibility index (Phi) is 6.02. The third-order valence-electron chi connectivity index (χ3n) is 3.92. The molecule has 2 N–H and O–H groups in total. The molecule has 1 aliphatic rings. The molecular weight excluding hydrogens is 292 g/mol. The van der Waals surface area contributed by atoms with E-state index in [4.69, 9.17) is 16.7 Å². The van der Waals surface area contributed by atoms with E-state index in [9.17, 15) is 4.79 Å². The van der Waals surface area contributed by atoms with Crippen molar-refractivity contribution in [2.24, 2.45) is 5.92 Å². The fraction of sp³-hybridized carbons (Fsp3) is 0.714. The molecule has 0 aliphatic carbocycles. The maximum absolute atomic E-state index is 11.9. The number of anilines is 1. The van der Waals surface area contributed by atoms with Crippen LogP contribution in [0.15, 0.2) is 11.0 Å². The van der Waals surface area contributed by atoms with Crippen LogP contribution in [0.3, 0.4) is 0 Å². The largest absolute Gasteiger partial charge is 0.394 e. The zero-order chi connectivity index (χ0) is 15.2. The van der Waals surface area contributed by atoms with Crippen LogP contribution in [0.5, 0.6) is 0 Å². The van der Waals surface area contributed by atoms with Gasteiger partial charge in [-0.15, -0.1) is 0 Å². The summed E-state index contributed by atoms with van der Waals surface area (Å²) in [6, 6.07) is 0. The minimum absolute atomic E-state index is 0.130. The molecule has 2 heterocycles. The lowest BCUT2D eigenvalue weighted by Gasteiger charge is -2.30. The lowest BCUT2D eigenvalue weighted by atomic mass is 9.99. The lowest BCUT2D eigenvalue weighted by molar-refractivity contribution is 0.199. The molecule has 0 spiro atoms. The number of rotatable bonds is 6. The van der Waals surface area contributed by atoms with Crippen molar-refractivity contribution in [3.8, 4) is 0 Å². The molecule has 1 aromatic rings. The summed E-state index contributed by atoms with van der Waals surface area (Å²) in [5.41, 5.74) is 0.184. The van der Waals surface area contributed by atoms with Crippen molar-refractivity contribution in [1.29, 1.82) is 0 Å². The van der Waals surface area contributed by atoms with Crippen LogP contribution in [0.2, 0.25) is 5.02 Å². The molecule has 0 bridgehead atoms. The van der Waals surface area contributed by atoms with Gasteiger partial charge in [0.05, 0.1) is 25.0 Å². The van der Waals surface area contributed by atoms with Crippen molar-refractivity contribution in [2.45, 2.75) is 26.3 Å². The van der Waals surface area contributed by atoms with Gasteiger partial charge in [0.15, 0.2) is 0 Å². The van der Waals surface area contributed by atoms with Gasteiger partial charge in [0.2, 0.25) is 0 Å². The summed E-state index contributed by atoms with van der Waals surface area (Å²) in [4.78, 5) is 14.3. The van der Waals surface area contributed by atoms with Gasteiger partial charge in [-0.05, 0) is 31.8 Å². The highest BCUT2D eigenvalue weighted by Crippen LogP contribution is 2.17. The molecule has 0 unspecified atom stereocenters. The molecule has 7 heteroatoms. The number of nitrogens with zero attached hydrogens (tertiary/aromatic N) is 3. The topological polar surface area (TPSA) is 70.4 Å². The summed E-state index contributed by atoms with van der Waals surface area (Å²) < 4.78 is 1.17. The number of likely N-dealkylation sites (tertiary alicyclic amines) is 1. The molecule has 6 nitrogen and oxygen atoms in total. The van der Waals surface area contributed by atoms with Crippen LogP contribution in [0, 0.1) is 5.92 Å². The van der Waals surface area contributed by atoms with Gasteiger partial charge in [-0.2, -0.15) is 5.10 Å². The second-order valence-electron chi connectivity index (χ2n) is 5.58. The van der Waals surface area contributed by atoms with E-state index in [1.807, 2.05) is 0 Å². The monoisotopic (exact) mass is 314 g/mol. The van der Waals surface area contributed by atoms with E-state index in [1.54, 1.807) is 0 Å². The first kappa shape index (κ1) is 16.3. The Labute approximate surface area is 129 Å². The Hall–Kier alpha value is -1.11. The highest BCUT2D eigenvalue weighted by atomic mass is 35.5. The summed E-state index contributed by atoms with van der Waals surface area (Å²) in [6.07, 6.45) is 4.04. The van der Waals surface area contributed by atoms with E-state index < -0.39 is 0 Å². The lowest BCUT2D eigenvalue weighted by Crippen LogP contribution is -2.36. The molecule has 0 radical (unpaired) electrons. The van der Waals surface area contributed by atoms with Gasteiger partial charge in [-0.25, -0.2) is 4.68 Å². The molecule has 0 saturated carbocycles. The number of aliphatic hydroxyl groups is 1. The number of aliphatic hydroxyl groups excluding tert-OH is 1. The smallest absolute Gasteiger partial charge is 0.287 e. The van der Waals surface area contributed by atoms with Crippen molar-refractivity contribution in [1.82, 2.24) is 14.7 Å². The van der Waals surface area contributed by atoms with Crippen molar-refractivity contribution in [3.63, 3.8) is 0 Å². The zero-order valence-electron chi connectivity index (χ0n) is 12.4. The highest BCUT2D eigenvalue weighted by molar-refractivity contribution is 6.32.